The molecule has 0 saturated heterocycles. The van der Waals surface area contributed by atoms with E-state index in [-0.39, 0.29) is 23.8 Å². The van der Waals surface area contributed by atoms with Crippen molar-refractivity contribution >= 4 is 29.2 Å². The molecule has 3 amide bonds. The highest BCUT2D eigenvalue weighted by atomic mass is 16.3. The van der Waals surface area contributed by atoms with Crippen molar-refractivity contribution in [3.8, 4) is 0 Å². The van der Waals surface area contributed by atoms with Crippen LogP contribution >= 0.6 is 0 Å². The van der Waals surface area contributed by atoms with Gasteiger partial charge in [0.05, 0.1) is 6.61 Å². The highest BCUT2D eigenvalue weighted by Crippen LogP contribution is 2.13. The number of aliphatic hydroxyl groups excluding tert-OH is 1. The summed E-state index contributed by atoms with van der Waals surface area (Å²) >= 11 is 0. The molecule has 2 rings (SSSR count). The highest BCUT2D eigenvalue weighted by Gasteiger charge is 2.27. The van der Waals surface area contributed by atoms with Crippen LogP contribution in [0.2, 0.25) is 0 Å². The van der Waals surface area contributed by atoms with Crippen molar-refractivity contribution in [3.05, 3.63) is 52.6 Å². The second-order valence-electron chi connectivity index (χ2n) is 8.40. The number of carbonyl (C=O) groups is 3. The van der Waals surface area contributed by atoms with Crippen LogP contribution in [-0.4, -0.2) is 88.6 Å². The van der Waals surface area contributed by atoms with E-state index in [9.17, 15) is 19.2 Å². The molecule has 34 heavy (non-hydrogen) atoms. The van der Waals surface area contributed by atoms with Crippen molar-refractivity contribution in [2.75, 3.05) is 51.5 Å². The molecule has 5 N–H and O–H groups in total. The van der Waals surface area contributed by atoms with Crippen LogP contribution in [0.1, 0.15) is 17.3 Å². The Morgan fingerprint density at radius 2 is 1.74 bits per heavy atom. The average Bonchev–Trinajstić information content (AvgIpc) is 2.79. The van der Waals surface area contributed by atoms with Gasteiger partial charge in [0.2, 0.25) is 11.8 Å². The van der Waals surface area contributed by atoms with Gasteiger partial charge < -0.3 is 31.3 Å². The molecule has 0 saturated carbocycles. The quantitative estimate of drug-likeness (QED) is 0.347. The van der Waals surface area contributed by atoms with Crippen LogP contribution in [-0.2, 0) is 16.1 Å². The number of aliphatic hydroxyl groups is 1. The molecule has 12 nitrogen and oxygen atoms in total. The molecule has 1 heterocycles. The van der Waals surface area contributed by atoms with E-state index in [2.05, 4.69) is 15.6 Å². The van der Waals surface area contributed by atoms with E-state index in [4.69, 9.17) is 10.8 Å². The molecule has 0 radical (unpaired) electrons. The summed E-state index contributed by atoms with van der Waals surface area (Å²) in [7, 11) is 5.47. The van der Waals surface area contributed by atoms with Gasteiger partial charge in [-0.05, 0) is 51.4 Å². The van der Waals surface area contributed by atoms with E-state index in [1.54, 1.807) is 7.05 Å². The number of likely N-dealkylation sites (N-methyl/N-ethyl adjacent to an activating group) is 2. The van der Waals surface area contributed by atoms with Crippen LogP contribution in [0.3, 0.4) is 0 Å². The van der Waals surface area contributed by atoms with Crippen LogP contribution in [0, 0.1) is 0 Å². The summed E-state index contributed by atoms with van der Waals surface area (Å²) in [5.41, 5.74) is 4.23. The van der Waals surface area contributed by atoms with Crippen molar-refractivity contribution < 1.29 is 19.5 Å². The first kappa shape index (κ1) is 26.6. The van der Waals surface area contributed by atoms with Crippen molar-refractivity contribution in [2.45, 2.75) is 19.0 Å². The molecule has 2 aromatic rings. The smallest absolute Gasteiger partial charge is 0.349 e. The summed E-state index contributed by atoms with van der Waals surface area (Å²) in [6.07, 6.45) is 1.40. The van der Waals surface area contributed by atoms with Gasteiger partial charge in [0.15, 0.2) is 0 Å². The van der Waals surface area contributed by atoms with E-state index in [0.717, 1.165) is 0 Å². The summed E-state index contributed by atoms with van der Waals surface area (Å²) in [6.45, 7) is 1.94. The largest absolute Gasteiger partial charge is 0.394 e. The number of nitrogens with two attached hydrogens (primary N) is 1. The fourth-order valence-corrected chi connectivity index (χ4v) is 2.60. The number of hydrogen-bond donors (Lipinski definition) is 4. The molecule has 184 valence electrons. The predicted octanol–water partition coefficient (Wildman–Crippen LogP) is -0.836. The first-order chi connectivity index (χ1) is 15.9. The Morgan fingerprint density at radius 1 is 1.09 bits per heavy atom. The van der Waals surface area contributed by atoms with Gasteiger partial charge in [0.1, 0.15) is 17.9 Å². The number of nitrogens with zero attached hydrogens (tertiary/aromatic N) is 4. The number of hydrogen-bond acceptors (Lipinski definition) is 8. The fraction of sp³-hybridized carbons (Fsp3) is 0.409. The maximum atomic E-state index is 12.5. The number of nitrogens with one attached hydrogen (secondary N) is 2. The van der Waals surface area contributed by atoms with E-state index < -0.39 is 29.6 Å². The zero-order valence-electron chi connectivity index (χ0n) is 19.7. The van der Waals surface area contributed by atoms with Crippen molar-refractivity contribution in [1.82, 2.24) is 19.4 Å². The van der Waals surface area contributed by atoms with Gasteiger partial charge in [0, 0.05) is 37.6 Å². The minimum absolute atomic E-state index is 0.0406. The summed E-state index contributed by atoms with van der Waals surface area (Å²) in [4.78, 5) is 56.4. The number of rotatable bonds is 10. The molecule has 12 heteroatoms. The Hall–Kier alpha value is -3.61. The minimum atomic E-state index is -1.44. The molecule has 0 aliphatic heterocycles. The monoisotopic (exact) mass is 473 g/mol. The van der Waals surface area contributed by atoms with Gasteiger partial charge in [0.25, 0.3) is 5.91 Å². The van der Waals surface area contributed by atoms with E-state index in [1.807, 2.05) is 19.0 Å². The minimum Gasteiger partial charge on any atom is -0.394 e. The SMILES string of the molecule is CN(C)CCN(C)C(=O)Cn1ccc(NC(=O)c2ccc(NC(=O)C(C)(N)CO)cc2)nc1=O. The van der Waals surface area contributed by atoms with Gasteiger partial charge in [-0.25, -0.2) is 4.79 Å². The van der Waals surface area contributed by atoms with Crippen LogP contribution < -0.4 is 22.1 Å². The predicted molar refractivity (Wildman–Crippen MR) is 127 cm³/mol. The van der Waals surface area contributed by atoms with Crippen molar-refractivity contribution in [3.63, 3.8) is 0 Å². The van der Waals surface area contributed by atoms with Crippen LogP contribution in [0.25, 0.3) is 0 Å². The number of amides is 3. The molecule has 0 aliphatic carbocycles. The van der Waals surface area contributed by atoms with Gasteiger partial charge in [-0.1, -0.05) is 0 Å². The summed E-state index contributed by atoms with van der Waals surface area (Å²) in [5, 5.41) is 14.2. The number of anilines is 2. The maximum Gasteiger partial charge on any atom is 0.349 e. The van der Waals surface area contributed by atoms with Gasteiger partial charge in [-0.15, -0.1) is 0 Å². The molecule has 1 atom stereocenters. The molecule has 1 unspecified atom stereocenters. The molecule has 0 spiro atoms. The van der Waals surface area contributed by atoms with Gasteiger partial charge in [-0.2, -0.15) is 4.98 Å². The lowest BCUT2D eigenvalue weighted by Gasteiger charge is -2.20. The van der Waals surface area contributed by atoms with E-state index in [0.29, 0.717) is 18.8 Å². The molecule has 0 fully saturated rings. The Bertz CT molecular complexity index is 1080. The Kier molecular flexibility index (Phi) is 9.01. The molecule has 0 bridgehead atoms. The fourth-order valence-electron chi connectivity index (χ4n) is 2.60. The van der Waals surface area contributed by atoms with Crippen molar-refractivity contribution in [2.24, 2.45) is 5.73 Å². The Balaban J connectivity index is 1.99. The van der Waals surface area contributed by atoms with Crippen LogP contribution in [0.4, 0.5) is 11.5 Å². The van der Waals surface area contributed by atoms with E-state index in [1.165, 1.54) is 52.9 Å². The summed E-state index contributed by atoms with van der Waals surface area (Å²) in [5.74, 6) is -1.28. The van der Waals surface area contributed by atoms with Gasteiger partial charge in [-0.3, -0.25) is 19.0 Å². The molecular formula is C22H31N7O5. The van der Waals surface area contributed by atoms with Crippen LogP contribution in [0.5, 0.6) is 0 Å². The lowest BCUT2D eigenvalue weighted by molar-refractivity contribution is -0.130. The summed E-state index contributed by atoms with van der Waals surface area (Å²) in [6, 6.07) is 7.38. The third kappa shape index (κ3) is 7.47. The first-order valence-electron chi connectivity index (χ1n) is 10.5. The third-order valence-electron chi connectivity index (χ3n) is 4.98. The van der Waals surface area contributed by atoms with Crippen molar-refractivity contribution in [1.29, 1.82) is 0 Å². The number of aromatic nitrogens is 2. The summed E-state index contributed by atoms with van der Waals surface area (Å²) < 4.78 is 1.17. The Labute approximate surface area is 197 Å². The zero-order chi connectivity index (χ0) is 25.5. The topological polar surface area (TPSA) is 163 Å². The zero-order valence-corrected chi connectivity index (χ0v) is 19.7. The number of carbonyl (C=O) groups excluding carboxylic acids is 3. The third-order valence-corrected chi connectivity index (χ3v) is 4.98. The standard InChI is InChI=1S/C22H31N7O5/c1-22(23,14-30)20(33)24-16-7-5-15(6-8-16)19(32)25-17-9-10-29(21(34)26-17)13-18(31)28(4)12-11-27(2)3/h5-10,30H,11-14,23H2,1-4H3,(H,24,33)(H,25,26,32,34). The van der Waals surface area contributed by atoms with Crippen LogP contribution in [0.15, 0.2) is 41.3 Å². The lowest BCUT2D eigenvalue weighted by atomic mass is 10.0. The van der Waals surface area contributed by atoms with E-state index >= 15 is 0 Å². The highest BCUT2D eigenvalue weighted by molar-refractivity contribution is 6.04. The van der Waals surface area contributed by atoms with Gasteiger partial charge >= 0.3 is 5.69 Å². The lowest BCUT2D eigenvalue weighted by Crippen LogP contribution is -2.51. The molecule has 1 aromatic heterocycles. The Morgan fingerprint density at radius 3 is 2.29 bits per heavy atom. The first-order valence-corrected chi connectivity index (χ1v) is 10.5. The second kappa shape index (κ2) is 11.5. The maximum absolute atomic E-state index is 12.5. The number of benzene rings is 1. The normalized spacial score (nSPS) is 12.7. The second-order valence-corrected chi connectivity index (χ2v) is 8.40. The molecule has 1 aromatic carbocycles. The molecular weight excluding hydrogens is 442 g/mol. The average molecular weight is 474 g/mol. The molecule has 0 aliphatic rings.